The number of ether oxygens (including phenoxy) is 2. The fourth-order valence-corrected chi connectivity index (χ4v) is 5.42. The third-order valence-electron chi connectivity index (χ3n) is 8.32. The van der Waals surface area contributed by atoms with Crippen LogP contribution in [0.3, 0.4) is 0 Å². The zero-order valence-corrected chi connectivity index (χ0v) is 28.8. The summed E-state index contributed by atoms with van der Waals surface area (Å²) in [4.78, 5) is 0. The van der Waals surface area contributed by atoms with E-state index in [2.05, 4.69) is 38.2 Å². The second-order valence-corrected chi connectivity index (χ2v) is 12.6. The smallest absolute Gasteiger partial charge is 0.104 e. The maximum atomic E-state index is 9.59. The van der Waals surface area contributed by atoms with E-state index in [1.54, 1.807) is 0 Å². The number of aliphatic hydroxyl groups excluding tert-OH is 1. The molecule has 0 spiro atoms. The molecule has 0 aliphatic carbocycles. The van der Waals surface area contributed by atoms with Gasteiger partial charge in [-0.05, 0) is 64.2 Å². The Morgan fingerprint density at radius 1 is 0.429 bits per heavy atom. The highest BCUT2D eigenvalue weighted by molar-refractivity contribution is 4.82. The lowest BCUT2D eigenvalue weighted by atomic mass is 10.1. The van der Waals surface area contributed by atoms with E-state index in [0.717, 1.165) is 26.1 Å². The summed E-state index contributed by atoms with van der Waals surface area (Å²) in [5.74, 6) is 0. The molecule has 0 heterocycles. The van der Waals surface area contributed by atoms with Gasteiger partial charge in [0.1, 0.15) is 6.10 Å². The molecule has 0 aromatic carbocycles. The van der Waals surface area contributed by atoms with Gasteiger partial charge in [0.15, 0.2) is 0 Å². The minimum absolute atomic E-state index is 0.0553. The maximum Gasteiger partial charge on any atom is 0.104 e. The minimum Gasteiger partial charge on any atom is -0.394 e. The number of aliphatic hydroxyl groups is 1. The largest absolute Gasteiger partial charge is 0.394 e. The highest BCUT2D eigenvalue weighted by atomic mass is 16.5. The van der Waals surface area contributed by atoms with E-state index in [1.165, 1.54) is 167 Å². The molecule has 250 valence electrons. The van der Waals surface area contributed by atoms with Crippen LogP contribution >= 0.6 is 0 Å². The van der Waals surface area contributed by atoms with Crippen molar-refractivity contribution in [2.45, 2.75) is 200 Å². The van der Waals surface area contributed by atoms with Gasteiger partial charge in [-0.3, -0.25) is 0 Å². The van der Waals surface area contributed by atoms with Gasteiger partial charge in [-0.25, -0.2) is 0 Å². The molecule has 0 saturated carbocycles. The summed E-state index contributed by atoms with van der Waals surface area (Å²) >= 11 is 0. The molecular formula is C39H76O3. The third-order valence-corrected chi connectivity index (χ3v) is 8.32. The standard InChI is InChI=1S/C39H76O3/c1-3-5-7-9-11-13-15-17-19-21-23-25-27-29-31-33-35-41-38-39(37-40)42-36-34-32-30-28-26-24-22-20-18-16-14-12-10-8-6-4-2/h17-20,39-40H,3-16,21-38H2,1-2H3/b19-17-,20-18-/t39-/m0/s1. The SMILES string of the molecule is CCCCCCCC/C=C\CCCCCCCCOC[C@H](CO)OCCCCCCCC/C=C\CCCCCCCC. The Hall–Kier alpha value is -0.640. The molecule has 1 atom stereocenters. The summed E-state index contributed by atoms with van der Waals surface area (Å²) in [5.41, 5.74) is 0. The van der Waals surface area contributed by atoms with Crippen LogP contribution in [-0.2, 0) is 9.47 Å². The van der Waals surface area contributed by atoms with Crippen molar-refractivity contribution >= 4 is 0 Å². The van der Waals surface area contributed by atoms with Crippen LogP contribution in [0, 0.1) is 0 Å². The Morgan fingerprint density at radius 2 is 0.762 bits per heavy atom. The van der Waals surface area contributed by atoms with Gasteiger partial charge in [0.2, 0.25) is 0 Å². The normalized spacial score (nSPS) is 12.7. The Balaban J connectivity index is 3.32. The van der Waals surface area contributed by atoms with Crippen LogP contribution in [0.5, 0.6) is 0 Å². The number of hydrogen-bond acceptors (Lipinski definition) is 3. The average Bonchev–Trinajstić information content (AvgIpc) is 3.00. The first-order valence-corrected chi connectivity index (χ1v) is 18.9. The molecule has 0 amide bonds. The lowest BCUT2D eigenvalue weighted by Crippen LogP contribution is -2.24. The van der Waals surface area contributed by atoms with E-state index >= 15 is 0 Å². The van der Waals surface area contributed by atoms with Crippen molar-refractivity contribution in [2.75, 3.05) is 26.4 Å². The molecule has 0 rings (SSSR count). The molecule has 3 nitrogen and oxygen atoms in total. The van der Waals surface area contributed by atoms with Crippen LogP contribution < -0.4 is 0 Å². The number of hydrogen-bond donors (Lipinski definition) is 1. The zero-order chi connectivity index (χ0) is 30.4. The highest BCUT2D eigenvalue weighted by Crippen LogP contribution is 2.12. The Labute approximate surface area is 264 Å². The van der Waals surface area contributed by atoms with E-state index < -0.39 is 0 Å². The van der Waals surface area contributed by atoms with Gasteiger partial charge in [-0.1, -0.05) is 154 Å². The second-order valence-electron chi connectivity index (χ2n) is 12.6. The van der Waals surface area contributed by atoms with Crippen molar-refractivity contribution < 1.29 is 14.6 Å². The van der Waals surface area contributed by atoms with E-state index in [4.69, 9.17) is 9.47 Å². The van der Waals surface area contributed by atoms with Crippen molar-refractivity contribution in [1.82, 2.24) is 0 Å². The summed E-state index contributed by atoms with van der Waals surface area (Å²) in [7, 11) is 0. The second kappa shape index (κ2) is 38.4. The lowest BCUT2D eigenvalue weighted by molar-refractivity contribution is -0.0437. The third kappa shape index (κ3) is 35.6. The molecule has 0 aromatic rings. The summed E-state index contributed by atoms with van der Waals surface area (Å²) in [5, 5.41) is 9.59. The topological polar surface area (TPSA) is 38.7 Å². The van der Waals surface area contributed by atoms with Gasteiger partial charge in [0, 0.05) is 13.2 Å². The van der Waals surface area contributed by atoms with Gasteiger partial charge in [0.05, 0.1) is 13.2 Å². The first-order valence-electron chi connectivity index (χ1n) is 18.9. The van der Waals surface area contributed by atoms with Crippen LogP contribution in [0.4, 0.5) is 0 Å². The molecule has 0 bridgehead atoms. The molecule has 0 saturated heterocycles. The van der Waals surface area contributed by atoms with Gasteiger partial charge in [-0.15, -0.1) is 0 Å². The summed E-state index contributed by atoms with van der Waals surface area (Å²) in [6, 6.07) is 0. The Kier molecular flexibility index (Phi) is 37.8. The molecule has 0 aliphatic rings. The molecule has 3 heteroatoms. The molecule has 0 aliphatic heterocycles. The fraction of sp³-hybridized carbons (Fsp3) is 0.897. The van der Waals surface area contributed by atoms with Crippen LogP contribution in [-0.4, -0.2) is 37.6 Å². The van der Waals surface area contributed by atoms with E-state index in [1.807, 2.05) is 0 Å². The van der Waals surface area contributed by atoms with Crippen molar-refractivity contribution in [2.24, 2.45) is 0 Å². The highest BCUT2D eigenvalue weighted by Gasteiger charge is 2.07. The van der Waals surface area contributed by atoms with Crippen molar-refractivity contribution in [3.8, 4) is 0 Å². The van der Waals surface area contributed by atoms with Crippen LogP contribution in [0.2, 0.25) is 0 Å². The van der Waals surface area contributed by atoms with Crippen molar-refractivity contribution in [3.05, 3.63) is 24.3 Å². The molecule has 0 radical (unpaired) electrons. The zero-order valence-electron chi connectivity index (χ0n) is 28.8. The predicted octanol–water partition coefficient (Wildman–Crippen LogP) is 12.5. The first kappa shape index (κ1) is 41.4. The Bertz CT molecular complexity index is 530. The van der Waals surface area contributed by atoms with Crippen molar-refractivity contribution in [3.63, 3.8) is 0 Å². The quantitative estimate of drug-likeness (QED) is 0.0581. The summed E-state index contributed by atoms with van der Waals surface area (Å²) < 4.78 is 11.6. The number of unbranched alkanes of at least 4 members (excludes halogenated alkanes) is 24. The number of rotatable bonds is 36. The van der Waals surface area contributed by atoms with Gasteiger partial charge in [0.25, 0.3) is 0 Å². The summed E-state index contributed by atoms with van der Waals surface area (Å²) in [6.45, 7) is 6.67. The Morgan fingerprint density at radius 3 is 1.14 bits per heavy atom. The predicted molar refractivity (Wildman–Crippen MR) is 187 cm³/mol. The molecule has 0 fully saturated rings. The van der Waals surface area contributed by atoms with E-state index in [0.29, 0.717) is 6.61 Å². The minimum atomic E-state index is -0.165. The van der Waals surface area contributed by atoms with Crippen molar-refractivity contribution in [1.29, 1.82) is 0 Å². The monoisotopic (exact) mass is 593 g/mol. The number of allylic oxidation sites excluding steroid dienone is 4. The first-order chi connectivity index (χ1) is 20.8. The van der Waals surface area contributed by atoms with Gasteiger partial charge >= 0.3 is 0 Å². The molecule has 1 N–H and O–H groups in total. The molecule has 42 heavy (non-hydrogen) atoms. The fourth-order valence-electron chi connectivity index (χ4n) is 5.42. The molecular weight excluding hydrogens is 516 g/mol. The van der Waals surface area contributed by atoms with Crippen LogP contribution in [0.15, 0.2) is 24.3 Å². The molecule has 0 aromatic heterocycles. The van der Waals surface area contributed by atoms with Gasteiger partial charge < -0.3 is 14.6 Å². The maximum absolute atomic E-state index is 9.59. The van der Waals surface area contributed by atoms with Crippen LogP contribution in [0.25, 0.3) is 0 Å². The van der Waals surface area contributed by atoms with Gasteiger partial charge in [-0.2, -0.15) is 0 Å². The lowest BCUT2D eigenvalue weighted by Gasteiger charge is -2.15. The average molecular weight is 593 g/mol. The van der Waals surface area contributed by atoms with E-state index in [9.17, 15) is 5.11 Å². The van der Waals surface area contributed by atoms with E-state index in [-0.39, 0.29) is 12.7 Å². The molecule has 0 unspecified atom stereocenters. The van der Waals surface area contributed by atoms with Crippen LogP contribution in [0.1, 0.15) is 194 Å². The summed E-state index contributed by atoms with van der Waals surface area (Å²) in [6.07, 6.45) is 46.4.